The Kier molecular flexibility index (Phi) is 5.33. The molecule has 2 aromatic rings. The number of amides is 2. The first-order chi connectivity index (χ1) is 12.2. The molecule has 0 bridgehead atoms. The van der Waals surface area contributed by atoms with Gasteiger partial charge in [-0.25, -0.2) is 0 Å². The lowest BCUT2D eigenvalue weighted by Crippen LogP contribution is -2.32. The summed E-state index contributed by atoms with van der Waals surface area (Å²) in [5.74, 6) is 0.975. The number of hydrogen-bond acceptors (Lipinski definition) is 3. The minimum Gasteiger partial charge on any atom is -0.497 e. The van der Waals surface area contributed by atoms with Gasteiger partial charge >= 0.3 is 0 Å². The molecular weight excluding hydrogens is 316 g/mol. The number of benzene rings is 2. The Labute approximate surface area is 147 Å². The second kappa shape index (κ2) is 7.83. The quantitative estimate of drug-likeness (QED) is 0.880. The van der Waals surface area contributed by atoms with Crippen molar-refractivity contribution in [1.82, 2.24) is 5.32 Å². The van der Waals surface area contributed by atoms with E-state index in [9.17, 15) is 9.59 Å². The minimum atomic E-state index is -0.0125. The molecule has 1 fully saturated rings. The fourth-order valence-electron chi connectivity index (χ4n) is 3.03. The maximum Gasteiger partial charge on any atom is 0.227 e. The van der Waals surface area contributed by atoms with Gasteiger partial charge in [0.15, 0.2) is 0 Å². The van der Waals surface area contributed by atoms with Gasteiger partial charge in [-0.15, -0.1) is 0 Å². The lowest BCUT2D eigenvalue weighted by Gasteiger charge is -2.17. The van der Waals surface area contributed by atoms with Crippen molar-refractivity contribution in [1.29, 1.82) is 0 Å². The summed E-state index contributed by atoms with van der Waals surface area (Å²) in [4.78, 5) is 26.1. The second-order valence-electron chi connectivity index (χ2n) is 6.24. The van der Waals surface area contributed by atoms with Gasteiger partial charge in [0.2, 0.25) is 11.8 Å². The van der Waals surface area contributed by atoms with E-state index in [2.05, 4.69) is 5.32 Å². The van der Waals surface area contributed by atoms with Gasteiger partial charge in [0, 0.05) is 31.1 Å². The van der Waals surface area contributed by atoms with Crippen molar-refractivity contribution in [2.45, 2.75) is 12.8 Å². The van der Waals surface area contributed by atoms with Crippen LogP contribution in [0, 0.1) is 5.92 Å². The highest BCUT2D eigenvalue weighted by atomic mass is 16.5. The van der Waals surface area contributed by atoms with Crippen molar-refractivity contribution in [3.8, 4) is 5.75 Å². The van der Waals surface area contributed by atoms with Gasteiger partial charge in [0.1, 0.15) is 5.75 Å². The lowest BCUT2D eigenvalue weighted by atomic mass is 10.1. The van der Waals surface area contributed by atoms with Crippen LogP contribution in [0.2, 0.25) is 0 Å². The number of methoxy groups -OCH3 is 1. The zero-order valence-electron chi connectivity index (χ0n) is 14.3. The first kappa shape index (κ1) is 17.0. The molecule has 0 spiro atoms. The average Bonchev–Trinajstić information content (AvgIpc) is 3.02. The Balaban J connectivity index is 1.51. The van der Waals surface area contributed by atoms with Crippen LogP contribution in [0.25, 0.3) is 0 Å². The molecule has 1 saturated heterocycles. The third-order valence-corrected chi connectivity index (χ3v) is 4.38. The number of nitrogens with zero attached hydrogens (tertiary/aromatic N) is 1. The van der Waals surface area contributed by atoms with Crippen LogP contribution in [0.5, 0.6) is 5.75 Å². The van der Waals surface area contributed by atoms with Crippen LogP contribution in [0.15, 0.2) is 54.6 Å². The Morgan fingerprint density at radius 3 is 2.56 bits per heavy atom. The van der Waals surface area contributed by atoms with Crippen LogP contribution in [0.1, 0.15) is 12.0 Å². The number of anilines is 1. The molecule has 1 aliphatic rings. The normalized spacial score (nSPS) is 16.8. The maximum absolute atomic E-state index is 12.3. The van der Waals surface area contributed by atoms with Gasteiger partial charge in [-0.3, -0.25) is 9.59 Å². The number of rotatable bonds is 6. The molecule has 25 heavy (non-hydrogen) atoms. The summed E-state index contributed by atoms with van der Waals surface area (Å²) in [6, 6.07) is 17.1. The Morgan fingerprint density at radius 2 is 1.88 bits per heavy atom. The molecule has 130 valence electrons. The van der Waals surface area contributed by atoms with Gasteiger partial charge in [-0.1, -0.05) is 30.3 Å². The molecule has 1 atom stereocenters. The molecule has 1 N–H and O–H groups in total. The predicted octanol–water partition coefficient (Wildman–Crippen LogP) is 2.41. The van der Waals surface area contributed by atoms with E-state index >= 15 is 0 Å². The molecule has 5 heteroatoms. The average molecular weight is 338 g/mol. The monoisotopic (exact) mass is 338 g/mol. The molecular formula is C20H22N2O3. The Hall–Kier alpha value is -2.82. The van der Waals surface area contributed by atoms with E-state index in [0.717, 1.165) is 17.0 Å². The summed E-state index contributed by atoms with van der Waals surface area (Å²) >= 11 is 0. The van der Waals surface area contributed by atoms with Crippen molar-refractivity contribution >= 4 is 17.5 Å². The first-order valence-electron chi connectivity index (χ1n) is 8.41. The van der Waals surface area contributed by atoms with Crippen LogP contribution in [0.4, 0.5) is 5.69 Å². The summed E-state index contributed by atoms with van der Waals surface area (Å²) in [6.45, 7) is 1.14. The van der Waals surface area contributed by atoms with Crippen molar-refractivity contribution in [2.75, 3.05) is 25.1 Å². The lowest BCUT2D eigenvalue weighted by molar-refractivity contribution is -0.121. The third-order valence-electron chi connectivity index (χ3n) is 4.38. The molecule has 0 aliphatic carbocycles. The summed E-state index contributed by atoms with van der Waals surface area (Å²) in [5.41, 5.74) is 1.85. The van der Waals surface area contributed by atoms with E-state index in [1.54, 1.807) is 12.0 Å². The Morgan fingerprint density at radius 1 is 1.16 bits per heavy atom. The SMILES string of the molecule is COc1ccc(N2C[C@H](CNC(=O)Cc3ccccc3)CC2=O)cc1. The van der Waals surface area contributed by atoms with Gasteiger partial charge < -0.3 is 15.0 Å². The number of nitrogens with one attached hydrogen (secondary N) is 1. The van der Waals surface area contributed by atoms with Crippen molar-refractivity contribution in [3.05, 3.63) is 60.2 Å². The van der Waals surface area contributed by atoms with E-state index < -0.39 is 0 Å². The fourth-order valence-corrected chi connectivity index (χ4v) is 3.03. The highest BCUT2D eigenvalue weighted by Crippen LogP contribution is 2.26. The summed E-state index contributed by atoms with van der Waals surface area (Å²) in [6.07, 6.45) is 0.821. The number of carbonyl (C=O) groups is 2. The van der Waals surface area contributed by atoms with Crippen molar-refractivity contribution < 1.29 is 14.3 Å². The largest absolute Gasteiger partial charge is 0.497 e. The molecule has 0 unspecified atom stereocenters. The third kappa shape index (κ3) is 4.38. The molecule has 0 radical (unpaired) electrons. The smallest absolute Gasteiger partial charge is 0.227 e. The van der Waals surface area contributed by atoms with Gasteiger partial charge in [-0.05, 0) is 29.8 Å². The van der Waals surface area contributed by atoms with Crippen LogP contribution in [0.3, 0.4) is 0 Å². The van der Waals surface area contributed by atoms with E-state index in [4.69, 9.17) is 4.74 Å². The topological polar surface area (TPSA) is 58.6 Å². The molecule has 0 aromatic heterocycles. The van der Waals surface area contributed by atoms with Gasteiger partial charge in [0.25, 0.3) is 0 Å². The van der Waals surface area contributed by atoms with Crippen LogP contribution in [-0.4, -0.2) is 32.0 Å². The van der Waals surface area contributed by atoms with E-state index in [1.165, 1.54) is 0 Å². The Bertz CT molecular complexity index is 728. The zero-order chi connectivity index (χ0) is 17.6. The summed E-state index contributed by atoms with van der Waals surface area (Å²) < 4.78 is 5.14. The molecule has 1 heterocycles. The van der Waals surface area contributed by atoms with Crippen LogP contribution < -0.4 is 15.0 Å². The molecule has 5 nitrogen and oxygen atoms in total. The predicted molar refractivity (Wildman–Crippen MR) is 96.6 cm³/mol. The van der Waals surface area contributed by atoms with Crippen molar-refractivity contribution in [2.24, 2.45) is 5.92 Å². The molecule has 2 aromatic carbocycles. The van der Waals surface area contributed by atoms with E-state index in [-0.39, 0.29) is 17.7 Å². The van der Waals surface area contributed by atoms with E-state index in [0.29, 0.717) is 25.9 Å². The van der Waals surface area contributed by atoms with Gasteiger partial charge in [-0.2, -0.15) is 0 Å². The molecule has 0 saturated carbocycles. The molecule has 2 amide bonds. The second-order valence-corrected chi connectivity index (χ2v) is 6.24. The van der Waals surface area contributed by atoms with Crippen LogP contribution >= 0.6 is 0 Å². The minimum absolute atomic E-state index is 0.0125. The summed E-state index contributed by atoms with van der Waals surface area (Å²) in [5, 5.41) is 2.95. The van der Waals surface area contributed by atoms with Gasteiger partial charge in [0.05, 0.1) is 13.5 Å². The van der Waals surface area contributed by atoms with Crippen LogP contribution in [-0.2, 0) is 16.0 Å². The highest BCUT2D eigenvalue weighted by Gasteiger charge is 2.30. The zero-order valence-corrected chi connectivity index (χ0v) is 14.3. The molecule has 1 aliphatic heterocycles. The van der Waals surface area contributed by atoms with E-state index in [1.807, 2.05) is 54.6 Å². The summed E-state index contributed by atoms with van der Waals surface area (Å²) in [7, 11) is 1.62. The maximum atomic E-state index is 12.3. The number of hydrogen-bond donors (Lipinski definition) is 1. The fraction of sp³-hybridized carbons (Fsp3) is 0.300. The standard InChI is InChI=1S/C20H22N2O3/c1-25-18-9-7-17(8-10-18)22-14-16(12-20(22)24)13-21-19(23)11-15-5-3-2-4-6-15/h2-10,16H,11-14H2,1H3,(H,21,23)/t16-/m0/s1. The number of carbonyl (C=O) groups excluding carboxylic acids is 2. The first-order valence-corrected chi connectivity index (χ1v) is 8.41. The van der Waals surface area contributed by atoms with Crippen molar-refractivity contribution in [3.63, 3.8) is 0 Å². The molecule has 3 rings (SSSR count). The highest BCUT2D eigenvalue weighted by molar-refractivity contribution is 5.95. The number of ether oxygens (including phenoxy) is 1.